The smallest absolute Gasteiger partial charge is 0.132 e. The van der Waals surface area contributed by atoms with E-state index in [1.807, 2.05) is 6.92 Å². The largest absolute Gasteiger partial charge is 0.384 e. The van der Waals surface area contributed by atoms with Crippen LogP contribution in [0.15, 0.2) is 6.07 Å². The summed E-state index contributed by atoms with van der Waals surface area (Å²) in [6.07, 6.45) is 1.90. The number of nitrogens with zero attached hydrogens (tertiary/aromatic N) is 2. The second-order valence-corrected chi connectivity index (χ2v) is 5.19. The van der Waals surface area contributed by atoms with Gasteiger partial charge in [0.25, 0.3) is 0 Å². The molecule has 0 atom stereocenters. The van der Waals surface area contributed by atoms with Gasteiger partial charge in [0, 0.05) is 19.0 Å². The second kappa shape index (κ2) is 5.14. The summed E-state index contributed by atoms with van der Waals surface area (Å²) in [6, 6.07) is 1.78. The summed E-state index contributed by atoms with van der Waals surface area (Å²) in [5.74, 6) is 2.15. The van der Waals surface area contributed by atoms with Gasteiger partial charge >= 0.3 is 0 Å². The normalized spacial score (nSPS) is 11.5. The number of hydrogen-bond donors (Lipinski definition) is 2. The molecular weight excluding hydrogens is 200 g/mol. The number of anilines is 2. The molecule has 3 N–H and O–H groups in total. The first kappa shape index (κ1) is 12.7. The van der Waals surface area contributed by atoms with Crippen molar-refractivity contribution in [3.05, 3.63) is 11.9 Å². The Morgan fingerprint density at radius 1 is 1.31 bits per heavy atom. The number of hydrogen-bond acceptors (Lipinski definition) is 4. The molecule has 1 aromatic rings. The highest BCUT2D eigenvalue weighted by Crippen LogP contribution is 2.18. The molecule has 1 aromatic heterocycles. The molecule has 0 saturated heterocycles. The monoisotopic (exact) mass is 222 g/mol. The van der Waals surface area contributed by atoms with Gasteiger partial charge in [0.2, 0.25) is 0 Å². The van der Waals surface area contributed by atoms with Gasteiger partial charge in [-0.25, -0.2) is 9.97 Å². The summed E-state index contributed by atoms with van der Waals surface area (Å²) in [5, 5.41) is 3.29. The minimum atomic E-state index is 0.333. The van der Waals surface area contributed by atoms with E-state index in [0.717, 1.165) is 31.0 Å². The van der Waals surface area contributed by atoms with Gasteiger partial charge in [0.1, 0.15) is 17.5 Å². The maximum atomic E-state index is 5.70. The van der Waals surface area contributed by atoms with Gasteiger partial charge in [0.05, 0.1) is 0 Å². The summed E-state index contributed by atoms with van der Waals surface area (Å²) in [4.78, 5) is 8.51. The Labute approximate surface area is 97.7 Å². The Morgan fingerprint density at radius 2 is 2.00 bits per heavy atom. The molecule has 0 radical (unpaired) electrons. The van der Waals surface area contributed by atoms with Crippen molar-refractivity contribution in [2.45, 2.75) is 40.5 Å². The van der Waals surface area contributed by atoms with Gasteiger partial charge in [-0.3, -0.25) is 0 Å². The van der Waals surface area contributed by atoms with Crippen LogP contribution in [0.4, 0.5) is 11.6 Å². The zero-order chi connectivity index (χ0) is 12.2. The predicted molar refractivity (Wildman–Crippen MR) is 68.4 cm³/mol. The highest BCUT2D eigenvalue weighted by molar-refractivity contribution is 5.44. The highest BCUT2D eigenvalue weighted by Gasteiger charge is 2.09. The highest BCUT2D eigenvalue weighted by atomic mass is 15.0. The van der Waals surface area contributed by atoms with E-state index < -0.39 is 0 Å². The Morgan fingerprint density at radius 3 is 2.56 bits per heavy atom. The van der Waals surface area contributed by atoms with Crippen molar-refractivity contribution in [3.8, 4) is 0 Å². The third kappa shape index (κ3) is 4.47. The average Bonchev–Trinajstić information content (AvgIpc) is 2.14. The summed E-state index contributed by atoms with van der Waals surface area (Å²) in [5.41, 5.74) is 6.03. The number of aromatic nitrogens is 2. The minimum Gasteiger partial charge on any atom is -0.384 e. The van der Waals surface area contributed by atoms with Crippen molar-refractivity contribution >= 4 is 11.6 Å². The molecule has 0 aromatic carbocycles. The third-order valence-corrected chi connectivity index (χ3v) is 2.29. The van der Waals surface area contributed by atoms with Gasteiger partial charge in [-0.1, -0.05) is 27.7 Å². The zero-order valence-electron chi connectivity index (χ0n) is 10.7. The lowest BCUT2D eigenvalue weighted by Gasteiger charge is -2.18. The SMILES string of the molecule is CCc1nc(N)cc(NCCC(C)(C)C)n1. The second-order valence-electron chi connectivity index (χ2n) is 5.19. The van der Waals surface area contributed by atoms with Crippen LogP contribution in [0.5, 0.6) is 0 Å². The van der Waals surface area contributed by atoms with Crippen molar-refractivity contribution in [2.24, 2.45) is 5.41 Å². The number of rotatable bonds is 4. The lowest BCUT2D eigenvalue weighted by atomic mass is 9.92. The van der Waals surface area contributed by atoms with Crippen molar-refractivity contribution in [2.75, 3.05) is 17.6 Å². The number of nitrogens with one attached hydrogen (secondary N) is 1. The van der Waals surface area contributed by atoms with Crippen LogP contribution in [0.1, 0.15) is 39.9 Å². The van der Waals surface area contributed by atoms with Crippen LogP contribution in [-0.2, 0) is 6.42 Å². The molecule has 0 aliphatic carbocycles. The topological polar surface area (TPSA) is 63.8 Å². The maximum Gasteiger partial charge on any atom is 0.132 e. The van der Waals surface area contributed by atoms with Crippen molar-refractivity contribution < 1.29 is 0 Å². The van der Waals surface area contributed by atoms with Crippen LogP contribution in [-0.4, -0.2) is 16.5 Å². The lowest BCUT2D eigenvalue weighted by molar-refractivity contribution is 0.389. The molecule has 0 spiro atoms. The number of nitrogen functional groups attached to an aromatic ring is 1. The predicted octanol–water partition coefficient (Wildman–Crippen LogP) is 2.47. The van der Waals surface area contributed by atoms with E-state index in [1.165, 1.54) is 0 Å². The molecule has 0 amide bonds. The van der Waals surface area contributed by atoms with E-state index in [2.05, 4.69) is 36.1 Å². The Bertz CT molecular complexity index is 341. The zero-order valence-corrected chi connectivity index (χ0v) is 10.7. The molecule has 4 heteroatoms. The quantitative estimate of drug-likeness (QED) is 0.821. The summed E-state index contributed by atoms with van der Waals surface area (Å²) in [7, 11) is 0. The van der Waals surface area contributed by atoms with Crippen molar-refractivity contribution in [1.29, 1.82) is 0 Å². The van der Waals surface area contributed by atoms with Gasteiger partial charge in [-0.15, -0.1) is 0 Å². The lowest BCUT2D eigenvalue weighted by Crippen LogP contribution is -2.14. The van der Waals surface area contributed by atoms with E-state index in [0.29, 0.717) is 11.2 Å². The van der Waals surface area contributed by atoms with Gasteiger partial charge in [0.15, 0.2) is 0 Å². The first-order chi connectivity index (χ1) is 7.40. The number of nitrogens with two attached hydrogens (primary N) is 1. The summed E-state index contributed by atoms with van der Waals surface area (Å²) < 4.78 is 0. The molecule has 1 heterocycles. The Kier molecular flexibility index (Phi) is 4.10. The molecule has 0 unspecified atom stereocenters. The van der Waals surface area contributed by atoms with Gasteiger partial charge in [-0.05, 0) is 11.8 Å². The van der Waals surface area contributed by atoms with E-state index in [-0.39, 0.29) is 0 Å². The molecule has 0 aliphatic heterocycles. The fraction of sp³-hybridized carbons (Fsp3) is 0.667. The summed E-state index contributed by atoms with van der Waals surface area (Å²) >= 11 is 0. The third-order valence-electron chi connectivity index (χ3n) is 2.29. The molecule has 16 heavy (non-hydrogen) atoms. The van der Waals surface area contributed by atoms with E-state index in [1.54, 1.807) is 6.07 Å². The van der Waals surface area contributed by atoms with Gasteiger partial charge < -0.3 is 11.1 Å². The molecule has 0 saturated carbocycles. The van der Waals surface area contributed by atoms with Crippen LogP contribution >= 0.6 is 0 Å². The fourth-order valence-electron chi connectivity index (χ4n) is 1.33. The van der Waals surface area contributed by atoms with Crippen LogP contribution in [0.25, 0.3) is 0 Å². The van der Waals surface area contributed by atoms with Crippen LogP contribution in [0.2, 0.25) is 0 Å². The van der Waals surface area contributed by atoms with E-state index >= 15 is 0 Å². The van der Waals surface area contributed by atoms with Crippen LogP contribution < -0.4 is 11.1 Å². The van der Waals surface area contributed by atoms with E-state index in [9.17, 15) is 0 Å². The first-order valence-corrected chi connectivity index (χ1v) is 5.78. The fourth-order valence-corrected chi connectivity index (χ4v) is 1.33. The van der Waals surface area contributed by atoms with Crippen LogP contribution in [0.3, 0.4) is 0 Å². The van der Waals surface area contributed by atoms with Crippen molar-refractivity contribution in [1.82, 2.24) is 9.97 Å². The summed E-state index contributed by atoms with van der Waals surface area (Å²) in [6.45, 7) is 9.60. The standard InChI is InChI=1S/C12H22N4/c1-5-10-15-9(13)8-11(16-10)14-7-6-12(2,3)4/h8H,5-7H2,1-4H3,(H3,13,14,15,16). The van der Waals surface area contributed by atoms with E-state index in [4.69, 9.17) is 5.73 Å². The molecule has 1 rings (SSSR count). The molecule has 0 fully saturated rings. The number of aryl methyl sites for hydroxylation is 1. The van der Waals surface area contributed by atoms with Crippen LogP contribution in [0, 0.1) is 5.41 Å². The Balaban J connectivity index is 2.57. The first-order valence-electron chi connectivity index (χ1n) is 5.78. The molecule has 4 nitrogen and oxygen atoms in total. The maximum absolute atomic E-state index is 5.70. The minimum absolute atomic E-state index is 0.333. The van der Waals surface area contributed by atoms with Gasteiger partial charge in [-0.2, -0.15) is 0 Å². The molecule has 0 bridgehead atoms. The van der Waals surface area contributed by atoms with Crippen molar-refractivity contribution in [3.63, 3.8) is 0 Å². The molecular formula is C12H22N4. The molecule has 0 aliphatic rings. The average molecular weight is 222 g/mol. The Hall–Kier alpha value is -1.32. The molecule has 90 valence electrons.